The van der Waals surface area contributed by atoms with Crippen LogP contribution in [-0.2, 0) is 13.5 Å². The molecule has 0 aliphatic rings. The van der Waals surface area contributed by atoms with Crippen LogP contribution in [0.2, 0.25) is 0 Å². The summed E-state index contributed by atoms with van der Waals surface area (Å²) in [7, 11) is 1.84. The molecule has 0 saturated heterocycles. The van der Waals surface area contributed by atoms with Gasteiger partial charge in [0.1, 0.15) is 17.9 Å². The molecule has 7 heteroatoms. The number of rotatable bonds is 4. The molecule has 94 valence electrons. The summed E-state index contributed by atoms with van der Waals surface area (Å²) in [6, 6.07) is 1.37. The highest BCUT2D eigenvalue weighted by Crippen LogP contribution is 2.07. The highest BCUT2D eigenvalue weighted by Gasteiger charge is 2.07. The molecule has 0 atom stereocenters. The lowest BCUT2D eigenvalue weighted by atomic mass is 10.2. The largest absolute Gasteiger partial charge is 0.506 e. The number of aromatic hydroxyl groups is 1. The maximum absolute atomic E-state index is 11.7. The number of pyridine rings is 1. The van der Waals surface area contributed by atoms with Crippen LogP contribution in [0.4, 0.5) is 0 Å². The molecule has 0 aliphatic heterocycles. The van der Waals surface area contributed by atoms with Crippen LogP contribution in [0.25, 0.3) is 0 Å². The van der Waals surface area contributed by atoms with Gasteiger partial charge in [0.2, 0.25) is 0 Å². The topological polar surface area (TPSA) is 92.9 Å². The van der Waals surface area contributed by atoms with Gasteiger partial charge in [0.05, 0.1) is 11.8 Å². The van der Waals surface area contributed by atoms with Crippen molar-refractivity contribution in [2.75, 3.05) is 6.54 Å². The lowest BCUT2D eigenvalue weighted by Gasteiger charge is -2.04. The molecule has 2 heterocycles. The van der Waals surface area contributed by atoms with Gasteiger partial charge in [-0.15, -0.1) is 10.2 Å². The monoisotopic (exact) mass is 247 g/mol. The number of aryl methyl sites for hydroxylation is 1. The molecule has 2 rings (SSSR count). The molecule has 18 heavy (non-hydrogen) atoms. The van der Waals surface area contributed by atoms with E-state index in [4.69, 9.17) is 0 Å². The molecular formula is C11H13N5O2. The van der Waals surface area contributed by atoms with E-state index in [0.29, 0.717) is 18.5 Å². The first kappa shape index (κ1) is 12.0. The second-order valence-electron chi connectivity index (χ2n) is 3.80. The average Bonchev–Trinajstić information content (AvgIpc) is 2.75. The lowest BCUT2D eigenvalue weighted by Crippen LogP contribution is -2.26. The van der Waals surface area contributed by atoms with Gasteiger partial charge in [-0.2, -0.15) is 0 Å². The highest BCUT2D eigenvalue weighted by molar-refractivity contribution is 5.94. The average molecular weight is 247 g/mol. The number of carbonyl (C=O) groups excluding carboxylic acids is 1. The molecule has 0 radical (unpaired) electrons. The van der Waals surface area contributed by atoms with Crippen molar-refractivity contribution < 1.29 is 9.90 Å². The van der Waals surface area contributed by atoms with Crippen molar-refractivity contribution in [3.05, 3.63) is 36.2 Å². The van der Waals surface area contributed by atoms with E-state index < -0.39 is 0 Å². The maximum atomic E-state index is 11.7. The van der Waals surface area contributed by atoms with Crippen LogP contribution in [0, 0.1) is 0 Å². The van der Waals surface area contributed by atoms with Gasteiger partial charge in [-0.3, -0.25) is 9.78 Å². The third-order valence-electron chi connectivity index (χ3n) is 2.43. The number of aromatic nitrogens is 4. The van der Waals surface area contributed by atoms with Crippen LogP contribution in [0.15, 0.2) is 24.8 Å². The van der Waals surface area contributed by atoms with Crippen LogP contribution in [-0.4, -0.2) is 37.3 Å². The molecule has 0 spiro atoms. The van der Waals surface area contributed by atoms with Crippen LogP contribution in [0.3, 0.4) is 0 Å². The fourth-order valence-corrected chi connectivity index (χ4v) is 1.48. The molecule has 7 nitrogen and oxygen atoms in total. The second kappa shape index (κ2) is 5.26. The Morgan fingerprint density at radius 2 is 2.33 bits per heavy atom. The smallest absolute Gasteiger partial charge is 0.252 e. The Bertz CT molecular complexity index is 552. The van der Waals surface area contributed by atoms with E-state index in [1.165, 1.54) is 18.5 Å². The molecule has 0 aliphatic carbocycles. The highest BCUT2D eigenvalue weighted by atomic mass is 16.3. The van der Waals surface area contributed by atoms with Gasteiger partial charge >= 0.3 is 0 Å². The zero-order valence-electron chi connectivity index (χ0n) is 9.87. The summed E-state index contributed by atoms with van der Waals surface area (Å²) in [5, 5.41) is 19.6. The number of hydrogen-bond donors (Lipinski definition) is 2. The van der Waals surface area contributed by atoms with Gasteiger partial charge < -0.3 is 15.0 Å². The third-order valence-corrected chi connectivity index (χ3v) is 2.43. The van der Waals surface area contributed by atoms with Crippen LogP contribution < -0.4 is 5.32 Å². The Balaban J connectivity index is 1.87. The molecule has 0 bridgehead atoms. The molecular weight excluding hydrogens is 234 g/mol. The normalized spacial score (nSPS) is 10.3. The van der Waals surface area contributed by atoms with E-state index in [-0.39, 0.29) is 11.7 Å². The second-order valence-corrected chi connectivity index (χ2v) is 3.80. The molecule has 0 saturated carbocycles. The minimum atomic E-state index is -0.277. The summed E-state index contributed by atoms with van der Waals surface area (Å²) in [6.07, 6.45) is 4.87. The van der Waals surface area contributed by atoms with Crippen LogP contribution in [0.1, 0.15) is 16.2 Å². The number of nitrogens with zero attached hydrogens (tertiary/aromatic N) is 4. The Morgan fingerprint density at radius 1 is 1.50 bits per heavy atom. The molecule has 0 fully saturated rings. The fourth-order valence-electron chi connectivity index (χ4n) is 1.48. The minimum absolute atomic E-state index is 0.0315. The van der Waals surface area contributed by atoms with E-state index >= 15 is 0 Å². The van der Waals surface area contributed by atoms with Gasteiger partial charge in [-0.1, -0.05) is 0 Å². The lowest BCUT2D eigenvalue weighted by molar-refractivity contribution is 0.0953. The number of nitrogens with one attached hydrogen (secondary N) is 1. The summed E-state index contributed by atoms with van der Waals surface area (Å²) in [5.74, 6) is 0.487. The zero-order valence-corrected chi connectivity index (χ0v) is 9.87. The Kier molecular flexibility index (Phi) is 3.52. The number of carbonyl (C=O) groups is 1. The van der Waals surface area contributed by atoms with E-state index in [1.807, 2.05) is 7.05 Å². The Morgan fingerprint density at radius 3 is 3.00 bits per heavy atom. The SMILES string of the molecule is Cn1cnnc1CCNC(=O)c1cncc(O)c1. The van der Waals surface area contributed by atoms with E-state index in [9.17, 15) is 9.90 Å². The predicted octanol–water partition coefficient (Wildman–Crippen LogP) is -0.112. The van der Waals surface area contributed by atoms with Crippen molar-refractivity contribution in [2.24, 2.45) is 7.05 Å². The quantitative estimate of drug-likeness (QED) is 0.786. The van der Waals surface area contributed by atoms with Crippen molar-refractivity contribution in [3.63, 3.8) is 0 Å². The van der Waals surface area contributed by atoms with E-state index in [2.05, 4.69) is 20.5 Å². The van der Waals surface area contributed by atoms with Crippen molar-refractivity contribution >= 4 is 5.91 Å². The van der Waals surface area contributed by atoms with Gasteiger partial charge in [0.25, 0.3) is 5.91 Å². The van der Waals surface area contributed by atoms with Crippen molar-refractivity contribution in [2.45, 2.75) is 6.42 Å². The minimum Gasteiger partial charge on any atom is -0.506 e. The van der Waals surface area contributed by atoms with Crippen molar-refractivity contribution in [1.29, 1.82) is 0 Å². The van der Waals surface area contributed by atoms with Crippen LogP contribution >= 0.6 is 0 Å². The zero-order chi connectivity index (χ0) is 13.0. The van der Waals surface area contributed by atoms with E-state index in [1.54, 1.807) is 10.9 Å². The molecule has 0 unspecified atom stereocenters. The summed E-state index contributed by atoms with van der Waals surface area (Å²) in [5.41, 5.74) is 0.327. The maximum Gasteiger partial charge on any atom is 0.252 e. The standard InChI is InChI=1S/C11H13N5O2/c1-16-7-14-15-10(16)2-3-13-11(18)8-4-9(17)6-12-5-8/h4-7,17H,2-3H2,1H3,(H,13,18). The van der Waals surface area contributed by atoms with Crippen molar-refractivity contribution in [1.82, 2.24) is 25.1 Å². The molecule has 2 aromatic rings. The first-order valence-corrected chi connectivity index (χ1v) is 5.42. The first-order chi connectivity index (χ1) is 8.66. The first-order valence-electron chi connectivity index (χ1n) is 5.42. The Hall–Kier alpha value is -2.44. The van der Waals surface area contributed by atoms with Gasteiger partial charge in [0.15, 0.2) is 0 Å². The number of amides is 1. The Labute approximate surface area is 104 Å². The van der Waals surface area contributed by atoms with Gasteiger partial charge in [-0.05, 0) is 6.07 Å². The summed E-state index contributed by atoms with van der Waals surface area (Å²) in [6.45, 7) is 0.445. The summed E-state index contributed by atoms with van der Waals surface area (Å²) in [4.78, 5) is 15.4. The third kappa shape index (κ3) is 2.82. The van der Waals surface area contributed by atoms with Crippen molar-refractivity contribution in [3.8, 4) is 5.75 Å². The number of hydrogen-bond acceptors (Lipinski definition) is 5. The molecule has 1 amide bonds. The predicted molar refractivity (Wildman–Crippen MR) is 62.9 cm³/mol. The molecule has 0 aromatic carbocycles. The summed E-state index contributed by atoms with van der Waals surface area (Å²) >= 11 is 0. The summed E-state index contributed by atoms with van der Waals surface area (Å²) < 4.78 is 1.79. The molecule has 2 N–H and O–H groups in total. The van der Waals surface area contributed by atoms with Gasteiger partial charge in [-0.25, -0.2) is 0 Å². The van der Waals surface area contributed by atoms with Gasteiger partial charge in [0, 0.05) is 26.2 Å². The fraction of sp³-hybridized carbons (Fsp3) is 0.273. The molecule has 2 aromatic heterocycles. The van der Waals surface area contributed by atoms with Crippen LogP contribution in [0.5, 0.6) is 5.75 Å². The van der Waals surface area contributed by atoms with E-state index in [0.717, 1.165) is 5.82 Å².